The van der Waals surface area contributed by atoms with Gasteiger partial charge in [0.15, 0.2) is 0 Å². The molecule has 0 heterocycles. The first-order valence-electron chi connectivity index (χ1n) is 11.9. The maximum atomic E-state index is 11.5. The Morgan fingerprint density at radius 3 is 2.41 bits per heavy atom. The molecule has 0 saturated heterocycles. The molecule has 166 valence electrons. The fourth-order valence-corrected chi connectivity index (χ4v) is 8.80. The number of hydrogen-bond donors (Lipinski definition) is 4. The molecule has 4 rings (SSSR count). The second kappa shape index (κ2) is 7.49. The quantitative estimate of drug-likeness (QED) is 0.571. The molecular formula is C24H40O5. The van der Waals surface area contributed by atoms with E-state index in [1.165, 1.54) is 6.42 Å². The van der Waals surface area contributed by atoms with Crippen LogP contribution in [0.5, 0.6) is 0 Å². The molecule has 4 N–H and O–H groups in total. The highest BCUT2D eigenvalue weighted by Crippen LogP contribution is 2.68. The third-order valence-electron chi connectivity index (χ3n) is 10.3. The van der Waals surface area contributed by atoms with Gasteiger partial charge in [0.05, 0.1) is 18.3 Å². The molecule has 0 bridgehead atoms. The smallest absolute Gasteiger partial charge is 0.303 e. The minimum absolute atomic E-state index is 0.00309. The second-order valence-corrected chi connectivity index (χ2v) is 11.3. The molecule has 0 radical (unpaired) electrons. The molecule has 0 aromatic carbocycles. The highest BCUT2D eigenvalue weighted by atomic mass is 16.4. The molecule has 5 heteroatoms. The molecule has 0 aromatic rings. The number of aliphatic hydroxyl groups excluding tert-OH is 3. The Bertz CT molecular complexity index is 637. The van der Waals surface area contributed by atoms with E-state index in [9.17, 15) is 20.1 Å². The zero-order valence-electron chi connectivity index (χ0n) is 18.3. The van der Waals surface area contributed by atoms with Gasteiger partial charge in [-0.15, -0.1) is 0 Å². The maximum Gasteiger partial charge on any atom is 0.303 e. The van der Waals surface area contributed by atoms with Crippen molar-refractivity contribution in [3.05, 3.63) is 0 Å². The summed E-state index contributed by atoms with van der Waals surface area (Å²) in [6.45, 7) is 6.62. The van der Waals surface area contributed by atoms with Gasteiger partial charge in [-0.05, 0) is 84.9 Å². The first-order chi connectivity index (χ1) is 13.6. The summed E-state index contributed by atoms with van der Waals surface area (Å²) in [5, 5.41) is 42.9. The van der Waals surface area contributed by atoms with Crippen LogP contribution in [0.3, 0.4) is 0 Å². The van der Waals surface area contributed by atoms with Crippen LogP contribution in [-0.2, 0) is 4.79 Å². The lowest BCUT2D eigenvalue weighted by molar-refractivity contribution is -0.237. The van der Waals surface area contributed by atoms with Crippen molar-refractivity contribution in [3.8, 4) is 0 Å². The Morgan fingerprint density at radius 2 is 1.72 bits per heavy atom. The van der Waals surface area contributed by atoms with Crippen LogP contribution in [0, 0.1) is 46.3 Å². The average molecular weight is 409 g/mol. The molecule has 11 atom stereocenters. The van der Waals surface area contributed by atoms with Crippen LogP contribution in [0.25, 0.3) is 0 Å². The van der Waals surface area contributed by atoms with Crippen LogP contribution >= 0.6 is 0 Å². The van der Waals surface area contributed by atoms with E-state index >= 15 is 0 Å². The maximum absolute atomic E-state index is 11.5. The van der Waals surface area contributed by atoms with Crippen LogP contribution in [0.1, 0.15) is 78.6 Å². The molecular weight excluding hydrogens is 368 g/mol. The predicted octanol–water partition coefficient (Wildman–Crippen LogP) is 3.45. The lowest BCUT2D eigenvalue weighted by Crippen LogP contribution is -2.66. The first-order valence-corrected chi connectivity index (χ1v) is 11.9. The van der Waals surface area contributed by atoms with Gasteiger partial charge in [0.25, 0.3) is 0 Å². The predicted molar refractivity (Wildman–Crippen MR) is 110 cm³/mol. The Balaban J connectivity index is 1.64. The van der Waals surface area contributed by atoms with Gasteiger partial charge in [-0.2, -0.15) is 0 Å². The number of rotatable bonds is 4. The van der Waals surface area contributed by atoms with Crippen molar-refractivity contribution in [3.63, 3.8) is 0 Å². The standard InChI is InChI=1S/C24H40O5/c1-13(7-10-19(26)27)14-8-9-15-20-17(12-18(25)24(14,15)3)23(2)11-5-4-6-16(23)21(28)22(20)29/h13-18,20-22,25,28-29H,4-12H2,1-3H3,(H,26,27)/t13-,14-,15+,16+,17+,18+,20+,21-,22+,23+,24-/m1/s1. The van der Waals surface area contributed by atoms with Gasteiger partial charge in [-0.1, -0.05) is 33.6 Å². The minimum Gasteiger partial charge on any atom is -0.481 e. The molecule has 4 aliphatic carbocycles. The number of carboxylic acids is 1. The molecule has 0 amide bonds. The number of carbonyl (C=O) groups is 1. The topological polar surface area (TPSA) is 98.0 Å². The number of aliphatic hydroxyl groups is 3. The van der Waals surface area contributed by atoms with E-state index in [0.717, 1.165) is 32.1 Å². The number of carboxylic acid groups (broad SMARTS) is 1. The first kappa shape index (κ1) is 21.6. The molecule has 4 saturated carbocycles. The Morgan fingerprint density at radius 1 is 1.00 bits per heavy atom. The van der Waals surface area contributed by atoms with Crippen molar-refractivity contribution in [2.45, 2.75) is 96.9 Å². The van der Waals surface area contributed by atoms with Gasteiger partial charge >= 0.3 is 5.97 Å². The molecule has 0 spiro atoms. The third kappa shape index (κ3) is 3.10. The van der Waals surface area contributed by atoms with Gasteiger partial charge in [-0.3, -0.25) is 4.79 Å². The Labute approximate surface area is 174 Å². The molecule has 0 aromatic heterocycles. The van der Waals surface area contributed by atoms with E-state index in [2.05, 4.69) is 20.8 Å². The molecule has 0 aliphatic heterocycles. The minimum atomic E-state index is -0.761. The van der Waals surface area contributed by atoms with Crippen LogP contribution < -0.4 is 0 Å². The third-order valence-corrected chi connectivity index (χ3v) is 10.3. The summed E-state index contributed by atoms with van der Waals surface area (Å²) >= 11 is 0. The van der Waals surface area contributed by atoms with E-state index in [1.54, 1.807) is 0 Å². The lowest BCUT2D eigenvalue weighted by atomic mass is 9.42. The van der Waals surface area contributed by atoms with E-state index in [0.29, 0.717) is 12.8 Å². The van der Waals surface area contributed by atoms with Crippen molar-refractivity contribution in [1.29, 1.82) is 0 Å². The number of aliphatic carboxylic acids is 1. The Hall–Kier alpha value is -0.650. The summed E-state index contributed by atoms with van der Waals surface area (Å²) in [5.41, 5.74) is -0.311. The van der Waals surface area contributed by atoms with Crippen molar-refractivity contribution < 1.29 is 25.2 Å². The highest BCUT2D eigenvalue weighted by Gasteiger charge is 2.67. The highest BCUT2D eigenvalue weighted by molar-refractivity contribution is 5.66. The normalized spacial score (nSPS) is 52.9. The number of fused-ring (bicyclic) bond motifs is 5. The van der Waals surface area contributed by atoms with E-state index in [1.807, 2.05) is 0 Å². The molecule has 4 fully saturated rings. The van der Waals surface area contributed by atoms with Crippen LogP contribution in [0.2, 0.25) is 0 Å². The largest absolute Gasteiger partial charge is 0.481 e. The van der Waals surface area contributed by atoms with Gasteiger partial charge in [0.2, 0.25) is 0 Å². The molecule has 29 heavy (non-hydrogen) atoms. The van der Waals surface area contributed by atoms with Gasteiger partial charge in [0, 0.05) is 6.42 Å². The van der Waals surface area contributed by atoms with Crippen molar-refractivity contribution in [2.75, 3.05) is 0 Å². The van der Waals surface area contributed by atoms with E-state index in [4.69, 9.17) is 5.11 Å². The molecule has 4 aliphatic rings. The summed E-state index contributed by atoms with van der Waals surface area (Å²) in [6.07, 6.45) is 6.00. The molecule has 5 nitrogen and oxygen atoms in total. The second-order valence-electron chi connectivity index (χ2n) is 11.3. The lowest BCUT2D eigenvalue weighted by Gasteiger charge is -2.64. The zero-order valence-corrected chi connectivity index (χ0v) is 18.3. The van der Waals surface area contributed by atoms with Gasteiger partial charge < -0.3 is 20.4 Å². The SMILES string of the molecule is C[C@H](CCC(=O)O)[C@H]1CC[C@H]2[C@@H]3[C@H](O)[C@H](O)[C@@H]4CCCC[C@]4(C)[C@H]3C[C@H](O)[C@]12C. The monoisotopic (exact) mass is 408 g/mol. The van der Waals surface area contributed by atoms with Crippen molar-refractivity contribution in [2.24, 2.45) is 46.3 Å². The summed E-state index contributed by atoms with van der Waals surface area (Å²) in [6, 6.07) is 0. The Kier molecular flexibility index (Phi) is 5.57. The summed E-state index contributed by atoms with van der Waals surface area (Å²) in [4.78, 5) is 11.1. The van der Waals surface area contributed by atoms with Gasteiger partial charge in [0.1, 0.15) is 0 Å². The van der Waals surface area contributed by atoms with Crippen LogP contribution in [0.15, 0.2) is 0 Å². The van der Waals surface area contributed by atoms with Crippen LogP contribution in [-0.4, -0.2) is 44.7 Å². The van der Waals surface area contributed by atoms with Crippen molar-refractivity contribution >= 4 is 5.97 Å². The number of hydrogen-bond acceptors (Lipinski definition) is 4. The average Bonchev–Trinajstić information content (AvgIpc) is 3.03. The summed E-state index contributed by atoms with van der Waals surface area (Å²) < 4.78 is 0. The molecule has 0 unspecified atom stereocenters. The van der Waals surface area contributed by atoms with E-state index < -0.39 is 24.3 Å². The van der Waals surface area contributed by atoms with E-state index in [-0.39, 0.29) is 52.8 Å². The van der Waals surface area contributed by atoms with Crippen LogP contribution in [0.4, 0.5) is 0 Å². The fraction of sp³-hybridized carbons (Fsp3) is 0.958. The van der Waals surface area contributed by atoms with Crippen molar-refractivity contribution in [1.82, 2.24) is 0 Å². The van der Waals surface area contributed by atoms with Gasteiger partial charge in [-0.25, -0.2) is 0 Å². The fourth-order valence-electron chi connectivity index (χ4n) is 8.80. The zero-order chi connectivity index (χ0) is 21.1. The summed E-state index contributed by atoms with van der Waals surface area (Å²) in [7, 11) is 0. The summed E-state index contributed by atoms with van der Waals surface area (Å²) in [5.74, 6) is 0.360.